The van der Waals surface area contributed by atoms with Gasteiger partial charge in [-0.3, -0.25) is 0 Å². The fourth-order valence-electron chi connectivity index (χ4n) is 3.83. The number of hydrogen-bond donors (Lipinski definition) is 1. The summed E-state index contributed by atoms with van der Waals surface area (Å²) in [7, 11) is 0. The lowest BCUT2D eigenvalue weighted by Gasteiger charge is -2.23. The van der Waals surface area contributed by atoms with Crippen molar-refractivity contribution < 1.29 is 9.47 Å². The molecule has 0 atom stereocenters. The number of nitrogens with one attached hydrogen (secondary N) is 1. The van der Waals surface area contributed by atoms with E-state index in [1.54, 1.807) is 0 Å². The molecular weight excluding hydrogens is 330 g/mol. The van der Waals surface area contributed by atoms with Gasteiger partial charge in [-0.25, -0.2) is 0 Å². The Bertz CT molecular complexity index is 534. The maximum absolute atomic E-state index is 6.18. The molecular formula is C17H22BrNO2. The molecule has 114 valence electrons. The molecule has 2 aliphatic heterocycles. The molecule has 0 radical (unpaired) electrons. The number of rotatable bonds is 2. The van der Waals surface area contributed by atoms with E-state index in [4.69, 9.17) is 9.47 Å². The molecule has 0 bridgehead atoms. The third kappa shape index (κ3) is 2.68. The SMILES string of the molecule is Brc1cc2c(cc1CC1CCNCC1)OC1(CCCC1)O2. The van der Waals surface area contributed by atoms with Crippen molar-refractivity contribution in [1.82, 2.24) is 5.32 Å². The zero-order valence-electron chi connectivity index (χ0n) is 12.3. The number of benzene rings is 1. The van der Waals surface area contributed by atoms with Crippen LogP contribution in [0.3, 0.4) is 0 Å². The Balaban J connectivity index is 1.54. The molecule has 2 fully saturated rings. The van der Waals surface area contributed by atoms with Gasteiger partial charge in [0.1, 0.15) is 0 Å². The highest BCUT2D eigenvalue weighted by Crippen LogP contribution is 2.48. The van der Waals surface area contributed by atoms with Gasteiger partial charge in [0, 0.05) is 17.3 Å². The Morgan fingerprint density at radius 1 is 1.10 bits per heavy atom. The Morgan fingerprint density at radius 3 is 2.48 bits per heavy atom. The van der Waals surface area contributed by atoms with Crippen LogP contribution in [-0.2, 0) is 6.42 Å². The molecule has 1 spiro atoms. The predicted molar refractivity (Wildman–Crippen MR) is 85.9 cm³/mol. The lowest BCUT2D eigenvalue weighted by molar-refractivity contribution is -0.0716. The van der Waals surface area contributed by atoms with E-state index in [2.05, 4.69) is 33.4 Å². The molecule has 2 heterocycles. The van der Waals surface area contributed by atoms with Crippen molar-refractivity contribution in [1.29, 1.82) is 0 Å². The van der Waals surface area contributed by atoms with E-state index in [-0.39, 0.29) is 5.79 Å². The first kappa shape index (κ1) is 13.9. The van der Waals surface area contributed by atoms with Crippen LogP contribution < -0.4 is 14.8 Å². The minimum absolute atomic E-state index is 0.352. The highest BCUT2D eigenvalue weighted by atomic mass is 79.9. The number of halogens is 1. The lowest BCUT2D eigenvalue weighted by atomic mass is 9.91. The molecule has 0 unspecified atom stereocenters. The first-order chi connectivity index (χ1) is 10.2. The molecule has 1 aromatic carbocycles. The van der Waals surface area contributed by atoms with Gasteiger partial charge in [0.15, 0.2) is 11.5 Å². The number of fused-ring (bicyclic) bond motifs is 1. The van der Waals surface area contributed by atoms with Crippen LogP contribution in [0.5, 0.6) is 11.5 Å². The average Bonchev–Trinajstić information content (AvgIpc) is 3.07. The van der Waals surface area contributed by atoms with Gasteiger partial charge in [-0.15, -0.1) is 0 Å². The van der Waals surface area contributed by atoms with E-state index in [9.17, 15) is 0 Å². The normalized spacial score (nSPS) is 23.9. The minimum atomic E-state index is -0.352. The topological polar surface area (TPSA) is 30.5 Å². The molecule has 1 saturated carbocycles. The third-order valence-corrected chi connectivity index (χ3v) is 5.78. The summed E-state index contributed by atoms with van der Waals surface area (Å²) in [5, 5.41) is 3.43. The van der Waals surface area contributed by atoms with Crippen LogP contribution in [0.4, 0.5) is 0 Å². The van der Waals surface area contributed by atoms with E-state index in [1.165, 1.54) is 35.7 Å². The van der Waals surface area contributed by atoms with Crippen LogP contribution in [0.2, 0.25) is 0 Å². The molecule has 1 N–H and O–H groups in total. The molecule has 4 rings (SSSR count). The summed E-state index contributed by atoms with van der Waals surface area (Å²) in [5.41, 5.74) is 1.36. The Morgan fingerprint density at radius 2 is 1.76 bits per heavy atom. The van der Waals surface area contributed by atoms with Crippen molar-refractivity contribution in [2.75, 3.05) is 13.1 Å². The van der Waals surface area contributed by atoms with Gasteiger partial charge in [-0.1, -0.05) is 15.9 Å². The smallest absolute Gasteiger partial charge is 0.251 e. The van der Waals surface area contributed by atoms with Gasteiger partial charge in [-0.2, -0.15) is 0 Å². The van der Waals surface area contributed by atoms with E-state index in [0.29, 0.717) is 0 Å². The van der Waals surface area contributed by atoms with Crippen LogP contribution in [-0.4, -0.2) is 18.9 Å². The van der Waals surface area contributed by atoms with Gasteiger partial charge < -0.3 is 14.8 Å². The molecule has 0 amide bonds. The van der Waals surface area contributed by atoms with E-state index >= 15 is 0 Å². The lowest BCUT2D eigenvalue weighted by Crippen LogP contribution is -2.34. The Kier molecular flexibility index (Phi) is 3.62. The number of hydrogen-bond acceptors (Lipinski definition) is 3. The van der Waals surface area contributed by atoms with Crippen molar-refractivity contribution in [2.45, 2.75) is 50.7 Å². The second-order valence-corrected chi connectivity index (χ2v) is 7.46. The molecule has 3 aliphatic rings. The number of piperidine rings is 1. The summed E-state index contributed by atoms with van der Waals surface area (Å²) in [6, 6.07) is 4.31. The summed E-state index contributed by atoms with van der Waals surface area (Å²) < 4.78 is 13.5. The van der Waals surface area contributed by atoms with Gasteiger partial charge in [0.05, 0.1) is 0 Å². The maximum Gasteiger partial charge on any atom is 0.251 e. The summed E-state index contributed by atoms with van der Waals surface area (Å²) in [4.78, 5) is 0. The average molecular weight is 352 g/mol. The van der Waals surface area contributed by atoms with Crippen LogP contribution in [0.1, 0.15) is 44.1 Å². The van der Waals surface area contributed by atoms with Crippen molar-refractivity contribution in [3.8, 4) is 11.5 Å². The van der Waals surface area contributed by atoms with Crippen molar-refractivity contribution in [3.05, 3.63) is 22.2 Å². The van der Waals surface area contributed by atoms with Crippen LogP contribution in [0.15, 0.2) is 16.6 Å². The van der Waals surface area contributed by atoms with Gasteiger partial charge in [-0.05, 0) is 68.8 Å². The summed E-state index contributed by atoms with van der Waals surface area (Å²) in [6.45, 7) is 2.30. The zero-order chi connectivity index (χ0) is 14.3. The molecule has 1 saturated heterocycles. The zero-order valence-corrected chi connectivity index (χ0v) is 13.9. The van der Waals surface area contributed by atoms with Crippen molar-refractivity contribution >= 4 is 15.9 Å². The summed E-state index contributed by atoms with van der Waals surface area (Å²) >= 11 is 3.72. The number of ether oxygens (including phenoxy) is 2. The quantitative estimate of drug-likeness (QED) is 0.872. The van der Waals surface area contributed by atoms with Crippen molar-refractivity contribution in [2.24, 2.45) is 5.92 Å². The largest absolute Gasteiger partial charge is 0.448 e. The van der Waals surface area contributed by atoms with Crippen LogP contribution >= 0.6 is 15.9 Å². The minimum Gasteiger partial charge on any atom is -0.448 e. The monoisotopic (exact) mass is 351 g/mol. The summed E-state index contributed by atoms with van der Waals surface area (Å²) in [6.07, 6.45) is 8.11. The van der Waals surface area contributed by atoms with Crippen LogP contribution in [0.25, 0.3) is 0 Å². The molecule has 3 nitrogen and oxygen atoms in total. The molecule has 1 aromatic rings. The van der Waals surface area contributed by atoms with Crippen molar-refractivity contribution in [3.63, 3.8) is 0 Å². The molecule has 4 heteroatoms. The second-order valence-electron chi connectivity index (χ2n) is 6.61. The third-order valence-electron chi connectivity index (χ3n) is 5.04. The first-order valence-electron chi connectivity index (χ1n) is 8.15. The predicted octanol–water partition coefficient (Wildman–Crippen LogP) is 4.03. The fraction of sp³-hybridized carbons (Fsp3) is 0.647. The van der Waals surface area contributed by atoms with E-state index in [0.717, 1.165) is 49.8 Å². The molecule has 0 aromatic heterocycles. The standard InChI is InChI=1S/C17H22BrNO2/c18-14-11-16-15(20-17(21-16)5-1-2-6-17)10-13(14)9-12-3-7-19-8-4-12/h10-12,19H,1-9H2. The van der Waals surface area contributed by atoms with Gasteiger partial charge >= 0.3 is 0 Å². The van der Waals surface area contributed by atoms with E-state index in [1.807, 2.05) is 0 Å². The highest BCUT2D eigenvalue weighted by molar-refractivity contribution is 9.10. The highest BCUT2D eigenvalue weighted by Gasteiger charge is 2.44. The van der Waals surface area contributed by atoms with Gasteiger partial charge in [0.25, 0.3) is 5.79 Å². The van der Waals surface area contributed by atoms with Gasteiger partial charge in [0.2, 0.25) is 0 Å². The maximum atomic E-state index is 6.18. The molecule has 1 aliphatic carbocycles. The Labute approximate surface area is 134 Å². The fourth-order valence-corrected chi connectivity index (χ4v) is 4.31. The second kappa shape index (κ2) is 5.47. The molecule has 21 heavy (non-hydrogen) atoms. The Hall–Kier alpha value is -0.740. The van der Waals surface area contributed by atoms with E-state index < -0.39 is 0 Å². The first-order valence-corrected chi connectivity index (χ1v) is 8.95. The summed E-state index contributed by atoms with van der Waals surface area (Å²) in [5.74, 6) is 2.29. The van der Waals surface area contributed by atoms with Crippen LogP contribution in [0, 0.1) is 5.92 Å².